The van der Waals surface area contributed by atoms with E-state index >= 15 is 0 Å². The summed E-state index contributed by atoms with van der Waals surface area (Å²) in [6.07, 6.45) is 53.7. The summed E-state index contributed by atoms with van der Waals surface area (Å²) in [5.41, 5.74) is 0. The summed E-state index contributed by atoms with van der Waals surface area (Å²) < 4.78 is 16.7. The van der Waals surface area contributed by atoms with Crippen LogP contribution in [0.25, 0.3) is 0 Å². The van der Waals surface area contributed by atoms with Crippen molar-refractivity contribution in [3.8, 4) is 0 Å². The molecular formula is C51H90O6. The van der Waals surface area contributed by atoms with E-state index in [0.29, 0.717) is 19.3 Å². The Morgan fingerprint density at radius 1 is 0.351 bits per heavy atom. The first-order valence-corrected chi connectivity index (χ1v) is 24.1. The van der Waals surface area contributed by atoms with Gasteiger partial charge in [-0.2, -0.15) is 0 Å². The molecule has 0 aliphatic heterocycles. The maximum absolute atomic E-state index is 12.7. The third kappa shape index (κ3) is 44.3. The topological polar surface area (TPSA) is 78.9 Å². The minimum atomic E-state index is -0.783. The second-order valence-electron chi connectivity index (χ2n) is 16.0. The lowest BCUT2D eigenvalue weighted by atomic mass is 10.1. The smallest absolute Gasteiger partial charge is 0.306 e. The summed E-state index contributed by atoms with van der Waals surface area (Å²) in [4.78, 5) is 37.8. The predicted octanol–water partition coefficient (Wildman–Crippen LogP) is 15.5. The third-order valence-electron chi connectivity index (χ3n) is 10.3. The molecule has 0 N–H and O–H groups in total. The average Bonchev–Trinajstić information content (AvgIpc) is 3.21. The molecule has 0 fully saturated rings. The second kappa shape index (κ2) is 46.1. The summed E-state index contributed by atoms with van der Waals surface area (Å²) in [7, 11) is 0. The molecule has 0 unspecified atom stereocenters. The summed E-state index contributed by atoms with van der Waals surface area (Å²) in [6.45, 7) is 6.53. The highest BCUT2D eigenvalue weighted by molar-refractivity contribution is 5.71. The van der Waals surface area contributed by atoms with Gasteiger partial charge in [0.1, 0.15) is 13.2 Å². The Morgan fingerprint density at radius 2 is 0.649 bits per heavy atom. The summed E-state index contributed by atoms with van der Waals surface area (Å²) >= 11 is 0. The molecule has 330 valence electrons. The van der Waals surface area contributed by atoms with Crippen LogP contribution in [0, 0.1) is 0 Å². The fourth-order valence-corrected chi connectivity index (χ4v) is 6.56. The van der Waals surface area contributed by atoms with Crippen LogP contribution in [-0.4, -0.2) is 37.2 Å². The molecule has 0 saturated heterocycles. The first-order chi connectivity index (χ1) is 28.0. The molecule has 0 heterocycles. The molecule has 6 nitrogen and oxygen atoms in total. The zero-order valence-electron chi connectivity index (χ0n) is 37.6. The molecular weight excluding hydrogens is 709 g/mol. The summed E-state index contributed by atoms with van der Waals surface area (Å²) in [6, 6.07) is 0. The number of unbranched alkanes of at least 4 members (excludes halogenated alkanes) is 24. The Bertz CT molecular complexity index is 1010. The normalized spacial score (nSPS) is 12.4. The molecule has 0 radical (unpaired) electrons. The van der Waals surface area contributed by atoms with Crippen LogP contribution in [0.1, 0.15) is 239 Å². The highest BCUT2D eigenvalue weighted by Gasteiger charge is 2.19. The van der Waals surface area contributed by atoms with E-state index in [1.54, 1.807) is 0 Å². The average molecular weight is 799 g/mol. The minimum Gasteiger partial charge on any atom is -0.462 e. The van der Waals surface area contributed by atoms with E-state index in [1.807, 2.05) is 0 Å². The molecule has 0 saturated carbocycles. The van der Waals surface area contributed by atoms with Crippen molar-refractivity contribution in [3.05, 3.63) is 48.6 Å². The molecule has 0 aromatic carbocycles. The van der Waals surface area contributed by atoms with E-state index < -0.39 is 6.10 Å². The van der Waals surface area contributed by atoms with E-state index in [2.05, 4.69) is 69.4 Å². The largest absolute Gasteiger partial charge is 0.462 e. The summed E-state index contributed by atoms with van der Waals surface area (Å²) in [5.74, 6) is -0.915. The van der Waals surface area contributed by atoms with Crippen LogP contribution in [0.5, 0.6) is 0 Å². The van der Waals surface area contributed by atoms with Crippen molar-refractivity contribution >= 4 is 17.9 Å². The van der Waals surface area contributed by atoms with Crippen molar-refractivity contribution in [1.82, 2.24) is 0 Å². The molecule has 0 aliphatic rings. The van der Waals surface area contributed by atoms with E-state index in [0.717, 1.165) is 96.3 Å². The van der Waals surface area contributed by atoms with Crippen LogP contribution < -0.4 is 0 Å². The van der Waals surface area contributed by atoms with Crippen LogP contribution >= 0.6 is 0 Å². The van der Waals surface area contributed by atoms with Gasteiger partial charge in [-0.1, -0.05) is 172 Å². The van der Waals surface area contributed by atoms with Gasteiger partial charge in [-0.3, -0.25) is 14.4 Å². The minimum absolute atomic E-state index is 0.0852. The lowest BCUT2D eigenvalue weighted by molar-refractivity contribution is -0.167. The zero-order chi connectivity index (χ0) is 41.5. The highest BCUT2D eigenvalue weighted by Crippen LogP contribution is 2.13. The standard InChI is InChI=1S/C51H90O6/c1-4-7-10-13-16-19-22-25-27-29-32-35-38-41-44-50(53)56-47-48(46-55-49(52)43-40-37-34-31-28-24-21-18-15-12-9-6-3)57-51(54)45-42-39-36-33-30-26-23-20-17-14-11-8-5-2/h13,16,18,20-23,25,48H,4-12,14-15,17,19,24,26-47H2,1-3H3/b16-13-,21-18-,23-20-,25-22-/t48-/m1/s1. The van der Waals surface area contributed by atoms with Crippen molar-refractivity contribution in [2.75, 3.05) is 13.2 Å². The van der Waals surface area contributed by atoms with Gasteiger partial charge in [0.2, 0.25) is 0 Å². The van der Waals surface area contributed by atoms with Crippen molar-refractivity contribution in [2.45, 2.75) is 245 Å². The van der Waals surface area contributed by atoms with Crippen LogP contribution in [0.3, 0.4) is 0 Å². The number of carbonyl (C=O) groups is 3. The van der Waals surface area contributed by atoms with Gasteiger partial charge in [-0.25, -0.2) is 0 Å². The van der Waals surface area contributed by atoms with E-state index in [-0.39, 0.29) is 31.1 Å². The quantitative estimate of drug-likeness (QED) is 0.0265. The maximum Gasteiger partial charge on any atom is 0.306 e. The number of rotatable bonds is 43. The van der Waals surface area contributed by atoms with Gasteiger partial charge >= 0.3 is 17.9 Å². The molecule has 0 amide bonds. The van der Waals surface area contributed by atoms with Crippen molar-refractivity contribution < 1.29 is 28.6 Å². The number of esters is 3. The first-order valence-electron chi connectivity index (χ1n) is 24.1. The third-order valence-corrected chi connectivity index (χ3v) is 10.3. The van der Waals surface area contributed by atoms with Crippen LogP contribution in [0.2, 0.25) is 0 Å². The van der Waals surface area contributed by atoms with Gasteiger partial charge < -0.3 is 14.2 Å². The van der Waals surface area contributed by atoms with Crippen LogP contribution in [-0.2, 0) is 28.6 Å². The van der Waals surface area contributed by atoms with Gasteiger partial charge in [-0.05, 0) is 96.3 Å². The van der Waals surface area contributed by atoms with E-state index in [9.17, 15) is 14.4 Å². The predicted molar refractivity (Wildman–Crippen MR) is 242 cm³/mol. The molecule has 0 spiro atoms. The highest BCUT2D eigenvalue weighted by atomic mass is 16.6. The van der Waals surface area contributed by atoms with Gasteiger partial charge in [-0.15, -0.1) is 0 Å². The molecule has 0 bridgehead atoms. The van der Waals surface area contributed by atoms with Crippen LogP contribution in [0.15, 0.2) is 48.6 Å². The van der Waals surface area contributed by atoms with E-state index in [1.165, 1.54) is 103 Å². The number of hydrogen-bond acceptors (Lipinski definition) is 6. The Morgan fingerprint density at radius 3 is 1.07 bits per heavy atom. The molecule has 1 atom stereocenters. The SMILES string of the molecule is CCCC/C=C\C/C=C\CCCCCCCC(=O)OC[C@@H](COC(=O)CCCCCCC/C=C\CCCCC)OC(=O)CCCCCCC/C=C\CCCCCC. The van der Waals surface area contributed by atoms with Gasteiger partial charge in [0.25, 0.3) is 0 Å². The Hall–Kier alpha value is -2.63. The fourth-order valence-electron chi connectivity index (χ4n) is 6.56. The molecule has 0 rings (SSSR count). The molecule has 6 heteroatoms. The fraction of sp³-hybridized carbons (Fsp3) is 0.784. The summed E-state index contributed by atoms with van der Waals surface area (Å²) in [5, 5.41) is 0. The molecule has 57 heavy (non-hydrogen) atoms. The lowest BCUT2D eigenvalue weighted by Crippen LogP contribution is -2.30. The number of carbonyl (C=O) groups excluding carboxylic acids is 3. The van der Waals surface area contributed by atoms with Crippen molar-refractivity contribution in [1.29, 1.82) is 0 Å². The zero-order valence-corrected chi connectivity index (χ0v) is 37.6. The second-order valence-corrected chi connectivity index (χ2v) is 16.0. The Labute approximate surface area is 352 Å². The Balaban J connectivity index is 4.42. The maximum atomic E-state index is 12.7. The van der Waals surface area contributed by atoms with Gasteiger partial charge in [0.15, 0.2) is 6.10 Å². The van der Waals surface area contributed by atoms with E-state index in [4.69, 9.17) is 14.2 Å². The van der Waals surface area contributed by atoms with Crippen LogP contribution in [0.4, 0.5) is 0 Å². The molecule has 0 aromatic heterocycles. The number of ether oxygens (including phenoxy) is 3. The van der Waals surface area contributed by atoms with Gasteiger partial charge in [0.05, 0.1) is 0 Å². The molecule has 0 aromatic rings. The Kier molecular flexibility index (Phi) is 43.9. The number of hydrogen-bond donors (Lipinski definition) is 0. The molecule has 0 aliphatic carbocycles. The van der Waals surface area contributed by atoms with Crippen molar-refractivity contribution in [2.24, 2.45) is 0 Å². The monoisotopic (exact) mass is 799 g/mol. The van der Waals surface area contributed by atoms with Gasteiger partial charge in [0, 0.05) is 19.3 Å². The first kappa shape index (κ1) is 54.4. The number of allylic oxidation sites excluding steroid dienone is 8. The van der Waals surface area contributed by atoms with Crippen molar-refractivity contribution in [3.63, 3.8) is 0 Å². The lowest BCUT2D eigenvalue weighted by Gasteiger charge is -2.18.